The Balaban J connectivity index is 2.49. The number of hydrogen-bond donors (Lipinski definition) is 1. The van der Waals surface area contributed by atoms with Crippen molar-refractivity contribution >= 4 is 5.97 Å². The van der Waals surface area contributed by atoms with Gasteiger partial charge in [0.2, 0.25) is 0 Å². The van der Waals surface area contributed by atoms with Crippen LogP contribution < -0.4 is 5.69 Å². The Morgan fingerprint density at radius 3 is 2.50 bits per heavy atom. The smallest absolute Gasteiger partial charge is 0.348 e. The molecule has 1 aromatic heterocycles. The number of aliphatic carboxylic acids is 1. The van der Waals surface area contributed by atoms with Crippen LogP contribution in [-0.4, -0.2) is 20.6 Å². The van der Waals surface area contributed by atoms with Crippen molar-refractivity contribution in [2.45, 2.75) is 53.0 Å². The van der Waals surface area contributed by atoms with Gasteiger partial charge in [0.25, 0.3) is 0 Å². The summed E-state index contributed by atoms with van der Waals surface area (Å²) >= 11 is 0. The molecule has 1 fully saturated rings. The van der Waals surface area contributed by atoms with Crippen molar-refractivity contribution in [2.75, 3.05) is 0 Å². The SMILES string of the molecule is CCc1nc(=O)n(CC2CC2C)c(CC)c1CC(=O)O. The summed E-state index contributed by atoms with van der Waals surface area (Å²) in [6, 6.07) is 0. The Morgan fingerprint density at radius 1 is 1.40 bits per heavy atom. The van der Waals surface area contributed by atoms with Gasteiger partial charge in [0.05, 0.1) is 12.1 Å². The molecule has 5 nitrogen and oxygen atoms in total. The van der Waals surface area contributed by atoms with E-state index in [0.717, 1.165) is 17.7 Å². The molecular weight excluding hydrogens is 256 g/mol. The lowest BCUT2D eigenvalue weighted by atomic mass is 10.0. The van der Waals surface area contributed by atoms with E-state index in [1.807, 2.05) is 13.8 Å². The summed E-state index contributed by atoms with van der Waals surface area (Å²) in [4.78, 5) is 27.4. The maximum absolute atomic E-state index is 12.2. The summed E-state index contributed by atoms with van der Waals surface area (Å²) in [5.74, 6) is 0.312. The molecular formula is C15H22N2O3. The summed E-state index contributed by atoms with van der Waals surface area (Å²) in [6.45, 7) is 6.71. The molecule has 1 aliphatic carbocycles. The van der Waals surface area contributed by atoms with Gasteiger partial charge in [0.1, 0.15) is 0 Å². The summed E-state index contributed by atoms with van der Waals surface area (Å²) in [6.07, 6.45) is 2.33. The van der Waals surface area contributed by atoms with Crippen molar-refractivity contribution in [3.8, 4) is 0 Å². The highest BCUT2D eigenvalue weighted by molar-refractivity contribution is 5.71. The van der Waals surface area contributed by atoms with Crippen LogP contribution in [-0.2, 0) is 30.6 Å². The first-order valence-electron chi connectivity index (χ1n) is 7.31. The highest BCUT2D eigenvalue weighted by atomic mass is 16.4. The fraction of sp³-hybridized carbons (Fsp3) is 0.667. The lowest BCUT2D eigenvalue weighted by molar-refractivity contribution is -0.136. The molecule has 5 heteroatoms. The van der Waals surface area contributed by atoms with Gasteiger partial charge in [-0.2, -0.15) is 4.98 Å². The van der Waals surface area contributed by atoms with E-state index in [1.165, 1.54) is 0 Å². The second-order valence-electron chi connectivity index (χ2n) is 5.63. The molecule has 0 radical (unpaired) electrons. The van der Waals surface area contributed by atoms with Crippen molar-refractivity contribution in [1.82, 2.24) is 9.55 Å². The largest absolute Gasteiger partial charge is 0.481 e. The number of aromatic nitrogens is 2. The zero-order chi connectivity index (χ0) is 14.9. The van der Waals surface area contributed by atoms with Crippen molar-refractivity contribution in [1.29, 1.82) is 0 Å². The predicted molar refractivity (Wildman–Crippen MR) is 75.9 cm³/mol. The monoisotopic (exact) mass is 278 g/mol. The molecule has 20 heavy (non-hydrogen) atoms. The number of nitrogens with zero attached hydrogens (tertiary/aromatic N) is 2. The number of aryl methyl sites for hydroxylation is 1. The maximum atomic E-state index is 12.2. The summed E-state index contributed by atoms with van der Waals surface area (Å²) < 4.78 is 1.70. The van der Waals surface area contributed by atoms with E-state index >= 15 is 0 Å². The number of rotatable bonds is 6. The summed E-state index contributed by atoms with van der Waals surface area (Å²) in [5.41, 5.74) is 1.99. The summed E-state index contributed by atoms with van der Waals surface area (Å²) in [7, 11) is 0. The molecule has 0 aliphatic heterocycles. The quantitative estimate of drug-likeness (QED) is 0.858. The average molecular weight is 278 g/mol. The lowest BCUT2D eigenvalue weighted by Gasteiger charge is -2.17. The molecule has 0 spiro atoms. The first kappa shape index (κ1) is 14.8. The average Bonchev–Trinajstić information content (AvgIpc) is 3.08. The van der Waals surface area contributed by atoms with E-state index in [1.54, 1.807) is 4.57 Å². The third-order valence-electron chi connectivity index (χ3n) is 4.18. The molecule has 1 aromatic rings. The zero-order valence-electron chi connectivity index (χ0n) is 12.3. The van der Waals surface area contributed by atoms with E-state index in [4.69, 9.17) is 5.11 Å². The van der Waals surface area contributed by atoms with Gasteiger partial charge in [0.15, 0.2) is 0 Å². The minimum atomic E-state index is -0.874. The zero-order valence-corrected chi connectivity index (χ0v) is 12.3. The third-order valence-corrected chi connectivity index (χ3v) is 4.18. The Bertz CT molecular complexity index is 577. The van der Waals surface area contributed by atoms with Crippen LogP contribution in [0.4, 0.5) is 0 Å². The Morgan fingerprint density at radius 2 is 2.05 bits per heavy atom. The molecule has 0 aromatic carbocycles. The Labute approximate surface area is 118 Å². The fourth-order valence-electron chi connectivity index (χ4n) is 2.82. The molecule has 110 valence electrons. The van der Waals surface area contributed by atoms with Crippen LogP contribution >= 0.6 is 0 Å². The van der Waals surface area contributed by atoms with Crippen LogP contribution in [0.1, 0.15) is 44.1 Å². The van der Waals surface area contributed by atoms with Gasteiger partial charge >= 0.3 is 11.7 Å². The molecule has 2 rings (SSSR count). The van der Waals surface area contributed by atoms with Gasteiger partial charge in [-0.3, -0.25) is 9.36 Å². The minimum Gasteiger partial charge on any atom is -0.481 e. The van der Waals surface area contributed by atoms with Crippen LogP contribution in [0.15, 0.2) is 4.79 Å². The number of carbonyl (C=O) groups is 1. The second kappa shape index (κ2) is 5.77. The normalized spacial score (nSPS) is 20.9. The summed E-state index contributed by atoms with van der Waals surface area (Å²) in [5, 5.41) is 9.09. The first-order valence-corrected chi connectivity index (χ1v) is 7.31. The highest BCUT2D eigenvalue weighted by Gasteiger charge is 2.33. The van der Waals surface area contributed by atoms with E-state index in [0.29, 0.717) is 36.9 Å². The highest BCUT2D eigenvalue weighted by Crippen LogP contribution is 2.39. The van der Waals surface area contributed by atoms with E-state index in [2.05, 4.69) is 11.9 Å². The molecule has 1 aliphatic rings. The number of carboxylic acids is 1. The van der Waals surface area contributed by atoms with Crippen LogP contribution in [0.2, 0.25) is 0 Å². The molecule has 1 N–H and O–H groups in total. The molecule has 0 saturated heterocycles. The maximum Gasteiger partial charge on any atom is 0.348 e. The molecule has 2 atom stereocenters. The Hall–Kier alpha value is -1.65. The van der Waals surface area contributed by atoms with Crippen molar-refractivity contribution in [3.05, 3.63) is 27.4 Å². The van der Waals surface area contributed by atoms with Crippen LogP contribution in [0.5, 0.6) is 0 Å². The Kier molecular flexibility index (Phi) is 4.26. The number of carboxylic acid groups (broad SMARTS) is 1. The van der Waals surface area contributed by atoms with E-state index in [-0.39, 0.29) is 12.1 Å². The van der Waals surface area contributed by atoms with Crippen LogP contribution in [0.25, 0.3) is 0 Å². The second-order valence-corrected chi connectivity index (χ2v) is 5.63. The van der Waals surface area contributed by atoms with Crippen molar-refractivity contribution < 1.29 is 9.90 Å². The van der Waals surface area contributed by atoms with Gasteiger partial charge in [-0.05, 0) is 31.1 Å². The molecule has 1 saturated carbocycles. The van der Waals surface area contributed by atoms with Crippen LogP contribution in [0, 0.1) is 11.8 Å². The van der Waals surface area contributed by atoms with E-state index < -0.39 is 5.97 Å². The third kappa shape index (κ3) is 2.92. The van der Waals surface area contributed by atoms with E-state index in [9.17, 15) is 9.59 Å². The molecule has 0 bridgehead atoms. The standard InChI is InChI=1S/C15H22N2O3/c1-4-12-11(7-14(18)19)13(5-2)17(15(20)16-12)8-10-6-9(10)3/h9-10H,4-8H2,1-3H3,(H,18,19). The molecule has 2 unspecified atom stereocenters. The van der Waals surface area contributed by atoms with Crippen molar-refractivity contribution in [2.24, 2.45) is 11.8 Å². The van der Waals surface area contributed by atoms with Gasteiger partial charge in [0, 0.05) is 17.8 Å². The van der Waals surface area contributed by atoms with Gasteiger partial charge < -0.3 is 5.11 Å². The van der Waals surface area contributed by atoms with Gasteiger partial charge in [-0.25, -0.2) is 4.79 Å². The minimum absolute atomic E-state index is 0.0557. The molecule has 1 heterocycles. The van der Waals surface area contributed by atoms with Gasteiger partial charge in [-0.1, -0.05) is 20.8 Å². The van der Waals surface area contributed by atoms with Crippen LogP contribution in [0.3, 0.4) is 0 Å². The molecule has 0 amide bonds. The topological polar surface area (TPSA) is 72.2 Å². The first-order chi connectivity index (χ1) is 9.47. The number of hydrogen-bond acceptors (Lipinski definition) is 3. The predicted octanol–water partition coefficient (Wildman–Crippen LogP) is 1.65. The lowest BCUT2D eigenvalue weighted by Crippen LogP contribution is -2.31. The van der Waals surface area contributed by atoms with Crippen molar-refractivity contribution in [3.63, 3.8) is 0 Å². The fourth-order valence-corrected chi connectivity index (χ4v) is 2.82. The van der Waals surface area contributed by atoms with Gasteiger partial charge in [-0.15, -0.1) is 0 Å².